The Morgan fingerprint density at radius 2 is 2.16 bits per heavy atom. The molecule has 1 amide bonds. The zero-order valence-electron chi connectivity index (χ0n) is 10.4. The van der Waals surface area contributed by atoms with Crippen LogP contribution in [0.3, 0.4) is 0 Å². The van der Waals surface area contributed by atoms with Gasteiger partial charge in [0.1, 0.15) is 11.6 Å². The van der Waals surface area contributed by atoms with Gasteiger partial charge in [0.25, 0.3) is 5.91 Å². The van der Waals surface area contributed by atoms with E-state index >= 15 is 0 Å². The maximum absolute atomic E-state index is 13.4. The Morgan fingerprint density at radius 3 is 2.84 bits per heavy atom. The normalized spacial score (nSPS) is 10.5. The van der Waals surface area contributed by atoms with Crippen LogP contribution in [0.1, 0.15) is 23.8 Å². The van der Waals surface area contributed by atoms with Gasteiger partial charge in [0.2, 0.25) is 0 Å². The maximum atomic E-state index is 13.4. The number of carbonyl (C=O) groups excluding carboxylic acids is 1. The van der Waals surface area contributed by atoms with E-state index in [2.05, 4.69) is 10.4 Å². The molecule has 1 heterocycles. The van der Waals surface area contributed by atoms with E-state index in [0.29, 0.717) is 12.6 Å². The van der Waals surface area contributed by atoms with Gasteiger partial charge in [-0.3, -0.25) is 9.48 Å². The molecule has 1 N–H and O–H groups in total. The van der Waals surface area contributed by atoms with Crippen LogP contribution in [0.2, 0.25) is 0 Å². The van der Waals surface area contributed by atoms with Crippen molar-refractivity contribution in [2.75, 3.05) is 5.32 Å². The van der Waals surface area contributed by atoms with Gasteiger partial charge in [-0.05, 0) is 24.6 Å². The lowest BCUT2D eigenvalue weighted by Crippen LogP contribution is -2.14. The van der Waals surface area contributed by atoms with Crippen molar-refractivity contribution in [3.05, 3.63) is 47.8 Å². The molecule has 0 spiro atoms. The molecule has 0 saturated carbocycles. The first kappa shape index (κ1) is 13.2. The maximum Gasteiger partial charge on any atom is 0.276 e. The molecule has 0 atom stereocenters. The molecule has 0 aliphatic rings. The fourth-order valence-electron chi connectivity index (χ4n) is 1.61. The van der Waals surface area contributed by atoms with Gasteiger partial charge < -0.3 is 5.32 Å². The van der Waals surface area contributed by atoms with Crippen molar-refractivity contribution in [1.29, 1.82) is 0 Å². The van der Waals surface area contributed by atoms with E-state index in [0.717, 1.165) is 12.5 Å². The lowest BCUT2D eigenvalue weighted by Gasteiger charge is -2.04. The van der Waals surface area contributed by atoms with Gasteiger partial charge in [0.15, 0.2) is 5.69 Å². The van der Waals surface area contributed by atoms with E-state index in [1.807, 2.05) is 6.92 Å². The fraction of sp³-hybridized carbons (Fsp3) is 0.231. The number of hydrogen-bond donors (Lipinski definition) is 1. The largest absolute Gasteiger partial charge is 0.318 e. The van der Waals surface area contributed by atoms with Crippen LogP contribution in [0.15, 0.2) is 30.5 Å². The van der Waals surface area contributed by atoms with E-state index in [1.54, 1.807) is 16.9 Å². The van der Waals surface area contributed by atoms with Gasteiger partial charge in [-0.25, -0.2) is 8.78 Å². The summed E-state index contributed by atoms with van der Waals surface area (Å²) in [5, 5.41) is 6.40. The van der Waals surface area contributed by atoms with E-state index < -0.39 is 17.5 Å². The van der Waals surface area contributed by atoms with Crippen molar-refractivity contribution < 1.29 is 13.6 Å². The summed E-state index contributed by atoms with van der Waals surface area (Å²) < 4.78 is 27.7. The molecule has 0 aliphatic heterocycles. The second kappa shape index (κ2) is 5.60. The Morgan fingerprint density at radius 1 is 1.37 bits per heavy atom. The second-order valence-corrected chi connectivity index (χ2v) is 4.04. The molecule has 0 bridgehead atoms. The zero-order valence-corrected chi connectivity index (χ0v) is 10.4. The van der Waals surface area contributed by atoms with Crippen LogP contribution in [-0.4, -0.2) is 15.7 Å². The molecular formula is C13H13F2N3O. The van der Waals surface area contributed by atoms with Gasteiger partial charge in [-0.15, -0.1) is 0 Å². The van der Waals surface area contributed by atoms with E-state index in [4.69, 9.17) is 0 Å². The summed E-state index contributed by atoms with van der Waals surface area (Å²) >= 11 is 0. The topological polar surface area (TPSA) is 46.9 Å². The average Bonchev–Trinajstić information content (AvgIpc) is 2.82. The number of anilines is 1. The Hall–Kier alpha value is -2.24. The SMILES string of the molecule is CCCn1ccc(C(=O)Nc2ccc(F)cc2F)n1. The zero-order chi connectivity index (χ0) is 13.8. The predicted molar refractivity (Wildman–Crippen MR) is 66.8 cm³/mol. The molecule has 2 aromatic rings. The van der Waals surface area contributed by atoms with Gasteiger partial charge in [0, 0.05) is 18.8 Å². The van der Waals surface area contributed by atoms with Crippen LogP contribution in [0, 0.1) is 11.6 Å². The molecule has 1 aromatic heterocycles. The number of aryl methyl sites for hydroxylation is 1. The summed E-state index contributed by atoms with van der Waals surface area (Å²) in [7, 11) is 0. The third-order valence-electron chi connectivity index (χ3n) is 2.51. The highest BCUT2D eigenvalue weighted by Crippen LogP contribution is 2.15. The quantitative estimate of drug-likeness (QED) is 0.924. The Kier molecular flexibility index (Phi) is 3.89. The monoisotopic (exact) mass is 265 g/mol. The molecule has 0 saturated heterocycles. The molecule has 100 valence electrons. The van der Waals surface area contributed by atoms with Gasteiger partial charge in [-0.2, -0.15) is 5.10 Å². The minimum atomic E-state index is -0.818. The summed E-state index contributed by atoms with van der Waals surface area (Å²) in [5.74, 6) is -2.04. The molecule has 1 aromatic carbocycles. The summed E-state index contributed by atoms with van der Waals surface area (Å²) in [6.07, 6.45) is 2.58. The van der Waals surface area contributed by atoms with Gasteiger partial charge >= 0.3 is 0 Å². The van der Waals surface area contributed by atoms with Crippen LogP contribution in [0.4, 0.5) is 14.5 Å². The van der Waals surface area contributed by atoms with Crippen LogP contribution in [-0.2, 0) is 6.54 Å². The highest BCUT2D eigenvalue weighted by atomic mass is 19.1. The van der Waals surface area contributed by atoms with Crippen molar-refractivity contribution in [1.82, 2.24) is 9.78 Å². The highest BCUT2D eigenvalue weighted by Gasteiger charge is 2.12. The first-order chi connectivity index (χ1) is 9.10. The Balaban J connectivity index is 2.11. The van der Waals surface area contributed by atoms with Crippen molar-refractivity contribution in [3.8, 4) is 0 Å². The van der Waals surface area contributed by atoms with E-state index in [9.17, 15) is 13.6 Å². The number of benzene rings is 1. The lowest BCUT2D eigenvalue weighted by molar-refractivity contribution is 0.102. The van der Waals surface area contributed by atoms with E-state index in [1.165, 1.54) is 6.07 Å². The Bertz CT molecular complexity index is 595. The molecule has 0 radical (unpaired) electrons. The molecule has 6 heteroatoms. The number of halogens is 2. The van der Waals surface area contributed by atoms with Crippen molar-refractivity contribution in [2.45, 2.75) is 19.9 Å². The second-order valence-electron chi connectivity index (χ2n) is 4.04. The fourth-order valence-corrected chi connectivity index (χ4v) is 1.61. The van der Waals surface area contributed by atoms with Crippen LogP contribution < -0.4 is 5.32 Å². The summed E-state index contributed by atoms with van der Waals surface area (Å²) in [4.78, 5) is 11.8. The molecule has 19 heavy (non-hydrogen) atoms. The van der Waals surface area contributed by atoms with Crippen molar-refractivity contribution in [2.24, 2.45) is 0 Å². The number of nitrogens with zero attached hydrogens (tertiary/aromatic N) is 2. The Labute approximate surface area is 109 Å². The molecular weight excluding hydrogens is 252 g/mol. The van der Waals surface area contributed by atoms with Crippen LogP contribution in [0.5, 0.6) is 0 Å². The predicted octanol–water partition coefficient (Wildman–Crippen LogP) is 2.82. The van der Waals surface area contributed by atoms with Gasteiger partial charge in [0.05, 0.1) is 5.69 Å². The van der Waals surface area contributed by atoms with E-state index in [-0.39, 0.29) is 11.4 Å². The molecule has 2 rings (SSSR count). The minimum absolute atomic E-state index is 0.0727. The highest BCUT2D eigenvalue weighted by molar-refractivity contribution is 6.02. The smallest absolute Gasteiger partial charge is 0.276 e. The first-order valence-corrected chi connectivity index (χ1v) is 5.90. The van der Waals surface area contributed by atoms with Crippen LogP contribution in [0.25, 0.3) is 0 Å². The molecule has 0 fully saturated rings. The lowest BCUT2D eigenvalue weighted by atomic mass is 10.3. The third-order valence-corrected chi connectivity index (χ3v) is 2.51. The summed E-state index contributed by atoms with van der Waals surface area (Å²) in [6, 6.07) is 4.51. The van der Waals surface area contributed by atoms with Crippen molar-refractivity contribution in [3.63, 3.8) is 0 Å². The van der Waals surface area contributed by atoms with Crippen LogP contribution >= 0.6 is 0 Å². The molecule has 4 nitrogen and oxygen atoms in total. The van der Waals surface area contributed by atoms with Gasteiger partial charge in [-0.1, -0.05) is 6.92 Å². The number of aromatic nitrogens is 2. The average molecular weight is 265 g/mol. The minimum Gasteiger partial charge on any atom is -0.318 e. The number of carbonyl (C=O) groups is 1. The summed E-state index contributed by atoms with van der Waals surface area (Å²) in [5.41, 5.74) is 0.119. The number of rotatable bonds is 4. The van der Waals surface area contributed by atoms with Crippen molar-refractivity contribution >= 4 is 11.6 Å². The first-order valence-electron chi connectivity index (χ1n) is 5.90. The number of nitrogens with one attached hydrogen (secondary N) is 1. The standard InChI is InChI=1S/C13H13F2N3O/c1-2-6-18-7-5-12(17-18)13(19)16-11-4-3-9(14)8-10(11)15/h3-5,7-8H,2,6H2,1H3,(H,16,19). The number of amides is 1. The molecule has 0 unspecified atom stereocenters. The third kappa shape index (κ3) is 3.15. The summed E-state index contributed by atoms with van der Waals surface area (Å²) in [6.45, 7) is 2.70. The number of hydrogen-bond acceptors (Lipinski definition) is 2. The molecule has 0 aliphatic carbocycles.